The fraction of sp³-hybridized carbons (Fsp3) is 0.611. The zero-order valence-corrected chi connectivity index (χ0v) is 13.7. The van der Waals surface area contributed by atoms with Crippen LogP contribution < -0.4 is 10.6 Å². The van der Waals surface area contributed by atoms with Gasteiger partial charge in [0.25, 0.3) is 0 Å². The molecule has 3 nitrogen and oxygen atoms in total. The van der Waals surface area contributed by atoms with Gasteiger partial charge in [-0.3, -0.25) is 4.79 Å². The van der Waals surface area contributed by atoms with Crippen molar-refractivity contribution in [2.75, 3.05) is 6.54 Å². The predicted octanol–water partition coefficient (Wildman–Crippen LogP) is 3.52. The molecular formula is C18H28N2O. The van der Waals surface area contributed by atoms with Crippen LogP contribution in [0.2, 0.25) is 0 Å². The van der Waals surface area contributed by atoms with Gasteiger partial charge in [-0.05, 0) is 49.8 Å². The first kappa shape index (κ1) is 16.0. The molecule has 1 amide bonds. The Morgan fingerprint density at radius 1 is 1.24 bits per heavy atom. The van der Waals surface area contributed by atoms with Gasteiger partial charge in [0.05, 0.1) is 11.6 Å². The van der Waals surface area contributed by atoms with E-state index in [0.717, 1.165) is 31.4 Å². The monoisotopic (exact) mass is 288 g/mol. The summed E-state index contributed by atoms with van der Waals surface area (Å²) in [5.41, 5.74) is 2.14. The summed E-state index contributed by atoms with van der Waals surface area (Å²) in [4.78, 5) is 12.6. The van der Waals surface area contributed by atoms with E-state index < -0.39 is 0 Å². The van der Waals surface area contributed by atoms with Crippen molar-refractivity contribution in [2.24, 2.45) is 0 Å². The summed E-state index contributed by atoms with van der Waals surface area (Å²) in [6.45, 7) is 9.47. The van der Waals surface area contributed by atoms with Gasteiger partial charge in [-0.1, -0.05) is 45.0 Å². The van der Waals surface area contributed by atoms with Crippen LogP contribution in [0.1, 0.15) is 70.0 Å². The van der Waals surface area contributed by atoms with Gasteiger partial charge in [-0.25, -0.2) is 0 Å². The van der Waals surface area contributed by atoms with Crippen molar-refractivity contribution in [3.8, 4) is 0 Å². The number of nitrogens with one attached hydrogen (secondary N) is 2. The minimum absolute atomic E-state index is 0.0459. The first-order valence-corrected chi connectivity index (χ1v) is 8.14. The third kappa shape index (κ3) is 3.46. The molecule has 1 aromatic carbocycles. The molecule has 1 aliphatic rings. The number of benzene rings is 1. The zero-order chi connectivity index (χ0) is 15.5. The van der Waals surface area contributed by atoms with Gasteiger partial charge in [-0.2, -0.15) is 0 Å². The predicted molar refractivity (Wildman–Crippen MR) is 87.3 cm³/mol. The van der Waals surface area contributed by atoms with E-state index >= 15 is 0 Å². The third-order valence-electron chi connectivity index (χ3n) is 4.73. The van der Waals surface area contributed by atoms with E-state index in [1.807, 2.05) is 0 Å². The molecule has 116 valence electrons. The van der Waals surface area contributed by atoms with Gasteiger partial charge < -0.3 is 10.6 Å². The van der Waals surface area contributed by atoms with Crippen molar-refractivity contribution >= 4 is 5.91 Å². The maximum atomic E-state index is 12.6. The molecule has 0 aliphatic carbocycles. The van der Waals surface area contributed by atoms with Gasteiger partial charge >= 0.3 is 0 Å². The highest BCUT2D eigenvalue weighted by molar-refractivity contribution is 5.87. The van der Waals surface area contributed by atoms with Crippen LogP contribution in [0.4, 0.5) is 0 Å². The summed E-state index contributed by atoms with van der Waals surface area (Å²) >= 11 is 0. The fourth-order valence-corrected chi connectivity index (χ4v) is 3.05. The van der Waals surface area contributed by atoms with Gasteiger partial charge in [0.15, 0.2) is 0 Å². The van der Waals surface area contributed by atoms with E-state index in [2.05, 4.69) is 62.6 Å². The van der Waals surface area contributed by atoms with Crippen LogP contribution >= 0.6 is 0 Å². The Balaban J connectivity index is 2.03. The maximum absolute atomic E-state index is 12.6. The Kier molecular flexibility index (Phi) is 5.04. The number of rotatable bonds is 5. The highest BCUT2D eigenvalue weighted by Gasteiger charge is 2.39. The van der Waals surface area contributed by atoms with E-state index in [-0.39, 0.29) is 17.5 Å². The van der Waals surface area contributed by atoms with Crippen LogP contribution in [-0.2, 0) is 4.79 Å². The molecule has 0 saturated carbocycles. The molecule has 0 radical (unpaired) electrons. The first-order chi connectivity index (χ1) is 9.98. The highest BCUT2D eigenvalue weighted by atomic mass is 16.2. The normalized spacial score (nSPS) is 23.3. The molecule has 2 N–H and O–H groups in total. The Bertz CT molecular complexity index is 472. The average Bonchev–Trinajstić information content (AvgIpc) is 2.97. The van der Waals surface area contributed by atoms with E-state index in [1.54, 1.807) is 0 Å². The lowest BCUT2D eigenvalue weighted by atomic mass is 9.92. The lowest BCUT2D eigenvalue weighted by Crippen LogP contribution is -2.53. The van der Waals surface area contributed by atoms with Crippen LogP contribution in [0, 0.1) is 0 Å². The number of carbonyl (C=O) groups excluding carboxylic acids is 1. The number of carbonyl (C=O) groups is 1. The molecule has 3 heteroatoms. The van der Waals surface area contributed by atoms with Crippen molar-refractivity contribution < 1.29 is 4.79 Å². The second kappa shape index (κ2) is 6.61. The van der Waals surface area contributed by atoms with E-state index in [0.29, 0.717) is 5.92 Å². The van der Waals surface area contributed by atoms with Gasteiger partial charge in [-0.15, -0.1) is 0 Å². The van der Waals surface area contributed by atoms with E-state index in [4.69, 9.17) is 0 Å². The van der Waals surface area contributed by atoms with Crippen molar-refractivity contribution in [1.29, 1.82) is 0 Å². The van der Waals surface area contributed by atoms with E-state index in [1.165, 1.54) is 5.56 Å². The minimum Gasteiger partial charge on any atom is -0.348 e. The second-order valence-corrected chi connectivity index (χ2v) is 6.48. The molecule has 1 heterocycles. The van der Waals surface area contributed by atoms with Crippen molar-refractivity contribution in [3.05, 3.63) is 35.4 Å². The van der Waals surface area contributed by atoms with Crippen LogP contribution in [0.3, 0.4) is 0 Å². The Labute approximate surface area is 128 Å². The molecule has 2 atom stereocenters. The summed E-state index contributed by atoms with van der Waals surface area (Å²) in [7, 11) is 0. The summed E-state index contributed by atoms with van der Waals surface area (Å²) in [5, 5.41) is 6.57. The van der Waals surface area contributed by atoms with Crippen LogP contribution in [0.25, 0.3) is 0 Å². The van der Waals surface area contributed by atoms with Crippen molar-refractivity contribution in [3.63, 3.8) is 0 Å². The fourth-order valence-electron chi connectivity index (χ4n) is 3.05. The van der Waals surface area contributed by atoms with Crippen molar-refractivity contribution in [2.45, 2.75) is 64.5 Å². The number of hydrogen-bond acceptors (Lipinski definition) is 2. The molecule has 0 spiro atoms. The summed E-state index contributed by atoms with van der Waals surface area (Å²) in [5.74, 6) is 0.679. The van der Waals surface area contributed by atoms with Gasteiger partial charge in [0.2, 0.25) is 5.91 Å². The van der Waals surface area contributed by atoms with Crippen LogP contribution in [-0.4, -0.2) is 18.0 Å². The Morgan fingerprint density at radius 3 is 2.33 bits per heavy atom. The highest BCUT2D eigenvalue weighted by Crippen LogP contribution is 2.25. The average molecular weight is 288 g/mol. The zero-order valence-electron chi connectivity index (χ0n) is 13.7. The van der Waals surface area contributed by atoms with Crippen LogP contribution in [0.15, 0.2) is 24.3 Å². The van der Waals surface area contributed by atoms with Crippen LogP contribution in [0.5, 0.6) is 0 Å². The molecule has 2 rings (SSSR count). The van der Waals surface area contributed by atoms with Gasteiger partial charge in [0, 0.05) is 0 Å². The molecule has 1 aromatic rings. The quantitative estimate of drug-likeness (QED) is 0.870. The molecule has 1 saturated heterocycles. The maximum Gasteiger partial charge on any atom is 0.240 e. The Morgan fingerprint density at radius 2 is 1.86 bits per heavy atom. The topological polar surface area (TPSA) is 41.1 Å². The molecule has 1 fully saturated rings. The molecule has 2 unspecified atom stereocenters. The molecular weight excluding hydrogens is 260 g/mol. The molecule has 0 aromatic heterocycles. The largest absolute Gasteiger partial charge is 0.348 e. The lowest BCUT2D eigenvalue weighted by Gasteiger charge is -2.29. The summed E-state index contributed by atoms with van der Waals surface area (Å²) < 4.78 is 0. The second-order valence-electron chi connectivity index (χ2n) is 6.48. The van der Waals surface area contributed by atoms with Crippen molar-refractivity contribution in [1.82, 2.24) is 10.6 Å². The smallest absolute Gasteiger partial charge is 0.240 e. The Hall–Kier alpha value is -1.35. The van der Waals surface area contributed by atoms with Gasteiger partial charge in [0.1, 0.15) is 0 Å². The standard InChI is InChI=1S/C18H28N2O/c1-5-18(11-6-12-19-18)17(21)20-14(4)16-9-7-15(8-10-16)13(2)3/h7-10,13-14,19H,5-6,11-12H2,1-4H3,(H,20,21). The SMILES string of the molecule is CCC1(C(=O)NC(C)c2ccc(C(C)C)cc2)CCCN1. The lowest BCUT2D eigenvalue weighted by molar-refractivity contribution is -0.128. The number of hydrogen-bond donors (Lipinski definition) is 2. The molecule has 1 aliphatic heterocycles. The summed E-state index contributed by atoms with van der Waals surface area (Å²) in [6.07, 6.45) is 2.87. The van der Waals surface area contributed by atoms with E-state index in [9.17, 15) is 4.79 Å². The third-order valence-corrected chi connectivity index (χ3v) is 4.73. The number of amides is 1. The molecule has 21 heavy (non-hydrogen) atoms. The molecule has 0 bridgehead atoms. The minimum atomic E-state index is -0.355. The summed E-state index contributed by atoms with van der Waals surface area (Å²) in [6, 6.07) is 8.62. The first-order valence-electron chi connectivity index (χ1n) is 8.14.